The van der Waals surface area contributed by atoms with Crippen molar-refractivity contribution in [3.63, 3.8) is 0 Å². The highest BCUT2D eigenvalue weighted by Gasteiger charge is 2.68. The summed E-state index contributed by atoms with van der Waals surface area (Å²) in [6, 6.07) is 4.18. The second kappa shape index (κ2) is 6.53. The molecule has 3 atom stereocenters. The summed E-state index contributed by atoms with van der Waals surface area (Å²) in [6.45, 7) is 3.56. The average molecular weight is 389 g/mol. The number of aryl methyl sites for hydroxylation is 1. The van der Waals surface area contributed by atoms with Gasteiger partial charge in [-0.05, 0) is 55.9 Å². The first-order valence-electron chi connectivity index (χ1n) is 8.56. The maximum Gasteiger partial charge on any atom is 0.439 e. The van der Waals surface area contributed by atoms with E-state index in [1.54, 1.807) is 6.92 Å². The Morgan fingerprint density at radius 2 is 2.15 bits per heavy atom. The van der Waals surface area contributed by atoms with Gasteiger partial charge in [0.05, 0.1) is 5.92 Å². The first kappa shape index (κ1) is 19.2. The summed E-state index contributed by atoms with van der Waals surface area (Å²) in [5, 5.41) is 15.2. The standard InChI is InChI=1S/C18H20ClF3N2O2/c1-3-11-4-7-15-13(9-11)17(26,18(20,21)22)24(23-15)16(25)12-5-6-14(19)10(2)8-12/h5-6,8,11,13,26H,3-4,7,9H2,1-2H3/t11-,13+,17+/m1/s1. The Balaban J connectivity index is 2.03. The number of carbonyl (C=O) groups is 1. The van der Waals surface area contributed by atoms with Crippen LogP contribution in [0.25, 0.3) is 0 Å². The van der Waals surface area contributed by atoms with E-state index >= 15 is 0 Å². The monoisotopic (exact) mass is 388 g/mol. The van der Waals surface area contributed by atoms with E-state index in [1.807, 2.05) is 6.92 Å². The number of alkyl halides is 3. The molecule has 2 aliphatic rings. The molecule has 8 heteroatoms. The molecule has 1 aliphatic carbocycles. The number of fused-ring (bicyclic) bond motifs is 1. The molecular formula is C18H20ClF3N2O2. The Kier molecular flexibility index (Phi) is 4.82. The van der Waals surface area contributed by atoms with Gasteiger partial charge in [0.1, 0.15) is 0 Å². The molecule has 0 spiro atoms. The van der Waals surface area contributed by atoms with E-state index in [0.29, 0.717) is 23.4 Å². The van der Waals surface area contributed by atoms with Crippen molar-refractivity contribution in [1.82, 2.24) is 5.01 Å². The fourth-order valence-electron chi connectivity index (χ4n) is 3.77. The molecule has 1 N–H and O–H groups in total. The number of carbonyl (C=O) groups excluding carboxylic acids is 1. The van der Waals surface area contributed by atoms with E-state index in [9.17, 15) is 23.1 Å². The summed E-state index contributed by atoms with van der Waals surface area (Å²) < 4.78 is 41.6. The predicted octanol–water partition coefficient (Wildman–Crippen LogP) is 4.54. The van der Waals surface area contributed by atoms with Gasteiger partial charge in [0.15, 0.2) is 0 Å². The Bertz CT molecular complexity index is 765. The van der Waals surface area contributed by atoms with Gasteiger partial charge in [-0.25, -0.2) is 0 Å². The normalized spacial score (nSPS) is 28.7. The molecule has 0 bridgehead atoms. The molecule has 1 fully saturated rings. The molecule has 1 aromatic carbocycles. The van der Waals surface area contributed by atoms with Crippen molar-refractivity contribution in [1.29, 1.82) is 0 Å². The number of halogens is 4. The molecule has 1 aromatic rings. The maximum atomic E-state index is 13.9. The van der Waals surface area contributed by atoms with Crippen molar-refractivity contribution in [3.05, 3.63) is 34.3 Å². The highest BCUT2D eigenvalue weighted by atomic mass is 35.5. The lowest BCUT2D eigenvalue weighted by atomic mass is 9.74. The van der Waals surface area contributed by atoms with Gasteiger partial charge in [-0.1, -0.05) is 24.9 Å². The van der Waals surface area contributed by atoms with Crippen LogP contribution in [0.5, 0.6) is 0 Å². The van der Waals surface area contributed by atoms with Crippen LogP contribution in [0.3, 0.4) is 0 Å². The van der Waals surface area contributed by atoms with Crippen molar-refractivity contribution < 1.29 is 23.1 Å². The number of hydrazone groups is 1. The quantitative estimate of drug-likeness (QED) is 0.808. The number of hydrogen-bond acceptors (Lipinski definition) is 3. The van der Waals surface area contributed by atoms with Crippen LogP contribution >= 0.6 is 11.6 Å². The Morgan fingerprint density at radius 1 is 1.46 bits per heavy atom. The smallest absolute Gasteiger partial charge is 0.362 e. The summed E-state index contributed by atoms with van der Waals surface area (Å²) in [6.07, 6.45) is -3.07. The van der Waals surface area contributed by atoms with Gasteiger partial charge < -0.3 is 5.11 Å². The Morgan fingerprint density at radius 3 is 2.73 bits per heavy atom. The van der Waals surface area contributed by atoms with Crippen molar-refractivity contribution in [2.45, 2.75) is 51.4 Å². The lowest BCUT2D eigenvalue weighted by molar-refractivity contribution is -0.313. The molecule has 26 heavy (non-hydrogen) atoms. The molecule has 0 radical (unpaired) electrons. The van der Waals surface area contributed by atoms with Crippen molar-refractivity contribution in [2.75, 3.05) is 0 Å². The lowest BCUT2D eigenvalue weighted by Gasteiger charge is -2.39. The van der Waals surface area contributed by atoms with Crippen molar-refractivity contribution >= 4 is 23.2 Å². The number of nitrogens with zero attached hydrogens (tertiary/aromatic N) is 2. The van der Waals surface area contributed by atoms with Gasteiger partial charge in [0.2, 0.25) is 0 Å². The van der Waals surface area contributed by atoms with Gasteiger partial charge in [0.25, 0.3) is 11.6 Å². The zero-order valence-corrected chi connectivity index (χ0v) is 15.2. The van der Waals surface area contributed by atoms with Gasteiger partial charge in [-0.3, -0.25) is 4.79 Å². The molecule has 1 heterocycles. The molecule has 4 nitrogen and oxygen atoms in total. The molecule has 3 rings (SSSR count). The summed E-state index contributed by atoms with van der Waals surface area (Å²) >= 11 is 5.92. The fraction of sp³-hybridized carbons (Fsp3) is 0.556. The summed E-state index contributed by atoms with van der Waals surface area (Å²) in [7, 11) is 0. The van der Waals surface area contributed by atoms with Crippen LogP contribution in [-0.2, 0) is 0 Å². The number of rotatable bonds is 2. The van der Waals surface area contributed by atoms with Crippen molar-refractivity contribution in [2.24, 2.45) is 16.9 Å². The number of amides is 1. The van der Waals surface area contributed by atoms with Gasteiger partial charge >= 0.3 is 6.18 Å². The van der Waals surface area contributed by atoms with Crippen LogP contribution < -0.4 is 0 Å². The molecular weight excluding hydrogens is 369 g/mol. The molecule has 1 saturated carbocycles. The number of hydrogen-bond donors (Lipinski definition) is 1. The highest BCUT2D eigenvalue weighted by Crippen LogP contribution is 2.50. The largest absolute Gasteiger partial charge is 0.439 e. The number of benzene rings is 1. The van der Waals surface area contributed by atoms with Crippen LogP contribution in [0.4, 0.5) is 13.2 Å². The van der Waals surface area contributed by atoms with Gasteiger partial charge in [-0.2, -0.15) is 23.3 Å². The minimum atomic E-state index is -5.02. The average Bonchev–Trinajstić information content (AvgIpc) is 2.90. The molecule has 142 valence electrons. The molecule has 0 unspecified atom stereocenters. The predicted molar refractivity (Wildman–Crippen MR) is 91.9 cm³/mol. The van der Waals surface area contributed by atoms with E-state index in [4.69, 9.17) is 11.6 Å². The fourth-order valence-corrected chi connectivity index (χ4v) is 3.89. The van der Waals surface area contributed by atoms with Crippen LogP contribution in [0.2, 0.25) is 5.02 Å². The van der Waals surface area contributed by atoms with Crippen LogP contribution in [0, 0.1) is 18.8 Å². The van der Waals surface area contributed by atoms with E-state index in [0.717, 1.165) is 6.42 Å². The van der Waals surface area contributed by atoms with Crippen LogP contribution in [0.1, 0.15) is 48.5 Å². The third-order valence-corrected chi connectivity index (χ3v) is 5.83. The molecule has 0 aromatic heterocycles. The van der Waals surface area contributed by atoms with E-state index in [1.165, 1.54) is 18.2 Å². The van der Waals surface area contributed by atoms with Gasteiger partial charge in [-0.15, -0.1) is 0 Å². The van der Waals surface area contributed by atoms with Crippen LogP contribution in [0.15, 0.2) is 23.3 Å². The zero-order valence-electron chi connectivity index (χ0n) is 14.5. The summed E-state index contributed by atoms with van der Waals surface area (Å²) in [5.41, 5.74) is -2.51. The van der Waals surface area contributed by atoms with Gasteiger partial charge in [0, 0.05) is 16.3 Å². The molecule has 1 amide bonds. The highest BCUT2D eigenvalue weighted by molar-refractivity contribution is 6.31. The van der Waals surface area contributed by atoms with E-state index < -0.39 is 23.7 Å². The Hall–Kier alpha value is -1.60. The minimum Gasteiger partial charge on any atom is -0.362 e. The zero-order chi connectivity index (χ0) is 19.3. The SMILES string of the molecule is CC[C@@H]1CCC2=NN(C(=O)c3ccc(Cl)c(C)c3)[C@@](O)(C(F)(F)F)[C@H]2C1. The first-order valence-corrected chi connectivity index (χ1v) is 8.94. The topological polar surface area (TPSA) is 52.9 Å². The summed E-state index contributed by atoms with van der Waals surface area (Å²) in [4.78, 5) is 12.8. The lowest BCUT2D eigenvalue weighted by Crippen LogP contribution is -2.61. The third kappa shape index (κ3) is 2.91. The maximum absolute atomic E-state index is 13.9. The third-order valence-electron chi connectivity index (χ3n) is 5.41. The van der Waals surface area contributed by atoms with Crippen LogP contribution in [-0.4, -0.2) is 33.6 Å². The van der Waals surface area contributed by atoms with E-state index in [2.05, 4.69) is 5.10 Å². The molecule has 1 aliphatic heterocycles. The van der Waals surface area contributed by atoms with Crippen molar-refractivity contribution in [3.8, 4) is 0 Å². The first-order chi connectivity index (χ1) is 12.1. The molecule has 0 saturated heterocycles. The Labute approximate surface area is 154 Å². The van der Waals surface area contributed by atoms with E-state index in [-0.39, 0.29) is 28.6 Å². The summed E-state index contributed by atoms with van der Waals surface area (Å²) in [5.74, 6) is -2.14. The second-order valence-corrected chi connectivity index (χ2v) is 7.40. The second-order valence-electron chi connectivity index (χ2n) is 7.00. The minimum absolute atomic E-state index is 0.00427. The number of aliphatic hydroxyl groups is 1.